The van der Waals surface area contributed by atoms with E-state index in [1.165, 1.54) is 11.5 Å². The van der Waals surface area contributed by atoms with Gasteiger partial charge in [0.25, 0.3) is 5.91 Å². The number of halogens is 1. The van der Waals surface area contributed by atoms with Gasteiger partial charge in [-0.2, -0.15) is 14.5 Å². The molecule has 9 nitrogen and oxygen atoms in total. The zero-order valence-electron chi connectivity index (χ0n) is 17.2. The Hall–Kier alpha value is -4.02. The molecule has 5 aromatic rings. The molecular weight excluding hydrogens is 462 g/mol. The Labute approximate surface area is 197 Å². The maximum Gasteiger partial charge on any atom is 0.256 e. The Morgan fingerprint density at radius 2 is 2.00 bits per heavy atom. The number of carbonyl (C=O) groups excluding carboxylic acids is 1. The van der Waals surface area contributed by atoms with Crippen LogP contribution in [-0.4, -0.2) is 37.6 Å². The molecule has 164 valence electrons. The van der Waals surface area contributed by atoms with Crippen LogP contribution in [0.15, 0.2) is 60.9 Å². The van der Waals surface area contributed by atoms with Gasteiger partial charge in [-0.3, -0.25) is 9.89 Å². The van der Waals surface area contributed by atoms with Gasteiger partial charge in [-0.05, 0) is 48.5 Å². The highest BCUT2D eigenvalue weighted by Gasteiger charge is 2.13. The van der Waals surface area contributed by atoms with Crippen LogP contribution in [0.5, 0.6) is 5.75 Å². The Morgan fingerprint density at radius 1 is 1.15 bits per heavy atom. The van der Waals surface area contributed by atoms with E-state index in [4.69, 9.17) is 16.3 Å². The van der Waals surface area contributed by atoms with E-state index in [0.29, 0.717) is 38.8 Å². The van der Waals surface area contributed by atoms with E-state index < -0.39 is 0 Å². The zero-order valence-corrected chi connectivity index (χ0v) is 18.7. The maximum absolute atomic E-state index is 12.5. The number of rotatable bonds is 6. The van der Waals surface area contributed by atoms with E-state index in [9.17, 15) is 4.79 Å². The van der Waals surface area contributed by atoms with Crippen LogP contribution < -0.4 is 15.4 Å². The number of methoxy groups -OCH3 is 1. The molecule has 3 aromatic heterocycles. The van der Waals surface area contributed by atoms with Crippen LogP contribution in [-0.2, 0) is 0 Å². The molecule has 0 unspecified atom stereocenters. The fraction of sp³-hybridized carbons (Fsp3) is 0.0455. The largest absolute Gasteiger partial charge is 0.497 e. The van der Waals surface area contributed by atoms with Crippen molar-refractivity contribution in [1.29, 1.82) is 0 Å². The van der Waals surface area contributed by atoms with Gasteiger partial charge in [0.15, 0.2) is 5.82 Å². The summed E-state index contributed by atoms with van der Waals surface area (Å²) in [5.74, 6) is 1.30. The fourth-order valence-electron chi connectivity index (χ4n) is 3.16. The van der Waals surface area contributed by atoms with Crippen molar-refractivity contribution in [2.75, 3.05) is 17.7 Å². The molecule has 0 aliphatic carbocycles. The molecule has 0 aliphatic rings. The summed E-state index contributed by atoms with van der Waals surface area (Å²) in [6.07, 6.45) is 3.27. The predicted molar refractivity (Wildman–Crippen MR) is 128 cm³/mol. The van der Waals surface area contributed by atoms with E-state index in [1.54, 1.807) is 55.9 Å². The minimum Gasteiger partial charge on any atom is -0.497 e. The molecule has 0 fully saturated rings. The van der Waals surface area contributed by atoms with E-state index in [-0.39, 0.29) is 5.91 Å². The number of amides is 1. The van der Waals surface area contributed by atoms with Crippen LogP contribution in [0.3, 0.4) is 0 Å². The average molecular weight is 478 g/mol. The van der Waals surface area contributed by atoms with E-state index in [1.807, 2.05) is 12.1 Å². The van der Waals surface area contributed by atoms with Crippen LogP contribution in [0.1, 0.15) is 10.4 Å². The summed E-state index contributed by atoms with van der Waals surface area (Å²) in [5.41, 5.74) is 2.77. The van der Waals surface area contributed by atoms with Gasteiger partial charge in [0, 0.05) is 34.2 Å². The molecule has 33 heavy (non-hydrogen) atoms. The minimum absolute atomic E-state index is 0.278. The highest BCUT2D eigenvalue weighted by Crippen LogP contribution is 2.33. The third-order valence-electron chi connectivity index (χ3n) is 4.84. The lowest BCUT2D eigenvalue weighted by atomic mass is 10.2. The number of hydrogen-bond acceptors (Lipinski definition) is 8. The van der Waals surface area contributed by atoms with Crippen LogP contribution in [0.25, 0.3) is 22.3 Å². The summed E-state index contributed by atoms with van der Waals surface area (Å²) in [6, 6.07) is 14.1. The molecule has 0 aliphatic heterocycles. The smallest absolute Gasteiger partial charge is 0.256 e. The van der Waals surface area contributed by atoms with E-state index in [0.717, 1.165) is 16.5 Å². The maximum atomic E-state index is 12.5. The van der Waals surface area contributed by atoms with Crippen LogP contribution in [0.4, 0.5) is 16.6 Å². The normalized spacial score (nSPS) is 10.8. The zero-order chi connectivity index (χ0) is 22.8. The summed E-state index contributed by atoms with van der Waals surface area (Å²) in [5, 5.41) is 14.8. The summed E-state index contributed by atoms with van der Waals surface area (Å²) < 4.78 is 9.53. The van der Waals surface area contributed by atoms with Crippen molar-refractivity contribution in [3.63, 3.8) is 0 Å². The predicted octanol–water partition coefficient (Wildman–Crippen LogP) is 5.13. The fourth-order valence-corrected chi connectivity index (χ4v) is 4.02. The number of nitrogens with zero attached hydrogens (tertiary/aromatic N) is 4. The third-order valence-corrected chi connectivity index (χ3v) is 5.88. The molecule has 5 rings (SSSR count). The van der Waals surface area contributed by atoms with Gasteiger partial charge in [0.2, 0.25) is 5.13 Å². The van der Waals surface area contributed by atoms with Crippen LogP contribution >= 0.6 is 23.1 Å². The summed E-state index contributed by atoms with van der Waals surface area (Å²) in [6.45, 7) is 0. The average Bonchev–Trinajstić information content (AvgIpc) is 3.51. The van der Waals surface area contributed by atoms with Crippen LogP contribution in [0.2, 0.25) is 5.02 Å². The second-order valence-electron chi connectivity index (χ2n) is 6.92. The molecule has 0 atom stereocenters. The van der Waals surface area contributed by atoms with Gasteiger partial charge in [-0.15, -0.1) is 0 Å². The lowest BCUT2D eigenvalue weighted by Gasteiger charge is -2.06. The highest BCUT2D eigenvalue weighted by molar-refractivity contribution is 7.10. The number of pyridine rings is 1. The first-order chi connectivity index (χ1) is 16.1. The number of hydrogen-bond donors (Lipinski definition) is 3. The SMILES string of the molecule is COc1ccc(C(=O)Nc2cc(-c3nsc(Nc4ccc5[nH]ncc5c4Cl)n3)ccn2)cc1. The Kier molecular flexibility index (Phi) is 5.59. The molecule has 2 aromatic carbocycles. The number of aromatic nitrogens is 5. The molecule has 1 amide bonds. The lowest BCUT2D eigenvalue weighted by Crippen LogP contribution is -2.12. The number of aromatic amines is 1. The number of anilines is 3. The van der Waals surface area contributed by atoms with Crippen molar-refractivity contribution >= 4 is 56.6 Å². The van der Waals surface area contributed by atoms with Gasteiger partial charge in [0.05, 0.1) is 29.5 Å². The third kappa shape index (κ3) is 4.34. The molecule has 0 saturated heterocycles. The first-order valence-corrected chi connectivity index (χ1v) is 10.9. The summed E-state index contributed by atoms with van der Waals surface area (Å²) in [4.78, 5) is 21.3. The number of ether oxygens (including phenoxy) is 1. The summed E-state index contributed by atoms with van der Waals surface area (Å²) >= 11 is 7.67. The molecule has 3 heterocycles. The summed E-state index contributed by atoms with van der Waals surface area (Å²) in [7, 11) is 1.57. The number of carbonyl (C=O) groups is 1. The van der Waals surface area contributed by atoms with Crippen molar-refractivity contribution in [2.45, 2.75) is 0 Å². The number of benzene rings is 2. The van der Waals surface area contributed by atoms with Gasteiger partial charge < -0.3 is 15.4 Å². The van der Waals surface area contributed by atoms with Crippen molar-refractivity contribution in [3.05, 3.63) is 71.5 Å². The molecule has 0 spiro atoms. The van der Waals surface area contributed by atoms with Crippen molar-refractivity contribution in [1.82, 2.24) is 24.5 Å². The van der Waals surface area contributed by atoms with Crippen molar-refractivity contribution in [3.8, 4) is 17.1 Å². The molecule has 0 saturated carbocycles. The van der Waals surface area contributed by atoms with Gasteiger partial charge in [0.1, 0.15) is 11.6 Å². The molecule has 0 bridgehead atoms. The van der Waals surface area contributed by atoms with Gasteiger partial charge >= 0.3 is 0 Å². The first-order valence-electron chi connectivity index (χ1n) is 9.75. The molecule has 3 N–H and O–H groups in total. The minimum atomic E-state index is -0.278. The van der Waals surface area contributed by atoms with Crippen LogP contribution in [0, 0.1) is 0 Å². The first kappa shape index (κ1) is 20.9. The van der Waals surface area contributed by atoms with Gasteiger partial charge in [-0.25, -0.2) is 4.98 Å². The quantitative estimate of drug-likeness (QED) is 0.310. The molecule has 0 radical (unpaired) electrons. The molecule has 11 heteroatoms. The van der Waals surface area contributed by atoms with E-state index in [2.05, 4.69) is 35.2 Å². The number of nitrogens with one attached hydrogen (secondary N) is 3. The monoisotopic (exact) mass is 477 g/mol. The topological polar surface area (TPSA) is 118 Å². The lowest BCUT2D eigenvalue weighted by molar-refractivity contribution is 0.102. The Balaban J connectivity index is 1.32. The number of fused-ring (bicyclic) bond motifs is 1. The van der Waals surface area contributed by atoms with Crippen molar-refractivity contribution < 1.29 is 9.53 Å². The Morgan fingerprint density at radius 3 is 2.82 bits per heavy atom. The van der Waals surface area contributed by atoms with Crippen molar-refractivity contribution in [2.24, 2.45) is 0 Å². The van der Waals surface area contributed by atoms with E-state index >= 15 is 0 Å². The second-order valence-corrected chi connectivity index (χ2v) is 8.05. The highest BCUT2D eigenvalue weighted by atomic mass is 35.5. The second kappa shape index (κ2) is 8.85. The molecular formula is C22H16ClN7O2S. The number of H-pyrrole nitrogens is 1. The Bertz CT molecular complexity index is 1450. The van der Waals surface area contributed by atoms with Gasteiger partial charge in [-0.1, -0.05) is 11.6 Å². The standard InChI is InChI=1S/C22H16ClN7O2S/c1-32-14-4-2-12(3-5-14)21(31)27-18-10-13(8-9-24-18)20-28-22(33-30-20)26-17-7-6-16-15(19(17)23)11-25-29-16/h2-11H,1H3,(H,25,29)(H,24,27,31)(H,26,28,30).